The first-order chi connectivity index (χ1) is 12.2. The molecule has 0 bridgehead atoms. The number of carbonyl (C=O) groups excluding carboxylic acids is 1. The van der Waals surface area contributed by atoms with Crippen molar-refractivity contribution < 1.29 is 9.53 Å². The molecule has 2 amide bonds. The quantitative estimate of drug-likeness (QED) is 0.615. The van der Waals surface area contributed by atoms with E-state index >= 15 is 0 Å². The number of anilines is 1. The third kappa shape index (κ3) is 4.16. The summed E-state index contributed by atoms with van der Waals surface area (Å²) in [6.07, 6.45) is 3.57. The van der Waals surface area contributed by atoms with Gasteiger partial charge in [-0.25, -0.2) is 9.78 Å². The van der Waals surface area contributed by atoms with Crippen LogP contribution in [0.25, 0.3) is 5.57 Å². The minimum Gasteiger partial charge on any atom is -0.497 e. The number of nitrogens with zero attached hydrogens (tertiary/aromatic N) is 3. The predicted molar refractivity (Wildman–Crippen MR) is 100 cm³/mol. The summed E-state index contributed by atoms with van der Waals surface area (Å²) in [4.78, 5) is 17.8. The van der Waals surface area contributed by atoms with E-state index in [1.807, 2.05) is 42.8 Å². The fourth-order valence-corrected chi connectivity index (χ4v) is 2.96. The van der Waals surface area contributed by atoms with E-state index in [2.05, 4.69) is 20.8 Å². The number of methoxy groups -OCH3 is 1. The number of thiazole rings is 1. The Labute approximate surface area is 150 Å². The van der Waals surface area contributed by atoms with Crippen LogP contribution in [0.4, 0.5) is 9.93 Å². The van der Waals surface area contributed by atoms with Gasteiger partial charge < -0.3 is 15.0 Å². The molecule has 0 saturated carbocycles. The second-order valence-corrected chi connectivity index (χ2v) is 6.14. The monoisotopic (exact) mass is 357 g/mol. The van der Waals surface area contributed by atoms with Gasteiger partial charge in [0.1, 0.15) is 5.75 Å². The zero-order valence-electron chi connectivity index (χ0n) is 14.0. The molecule has 0 radical (unpaired) electrons. The van der Waals surface area contributed by atoms with Crippen molar-refractivity contribution in [1.82, 2.24) is 15.2 Å². The van der Waals surface area contributed by atoms with Crippen LogP contribution in [0.15, 0.2) is 40.9 Å². The Balaban J connectivity index is 1.63. The molecule has 7 nitrogen and oxygen atoms in total. The first-order valence-corrected chi connectivity index (χ1v) is 8.71. The molecule has 0 atom stereocenters. The van der Waals surface area contributed by atoms with Crippen molar-refractivity contribution in [2.45, 2.75) is 6.92 Å². The summed E-state index contributed by atoms with van der Waals surface area (Å²) in [7, 11) is 1.64. The Morgan fingerprint density at radius 3 is 2.96 bits per heavy atom. The largest absolute Gasteiger partial charge is 0.497 e. The minimum atomic E-state index is -0.0797. The molecule has 1 aliphatic rings. The average Bonchev–Trinajstić information content (AvgIpc) is 3.11. The molecule has 0 aliphatic carbocycles. The van der Waals surface area contributed by atoms with Crippen LogP contribution in [-0.4, -0.2) is 42.3 Å². The zero-order chi connectivity index (χ0) is 17.6. The van der Waals surface area contributed by atoms with Gasteiger partial charge in [-0.05, 0) is 36.8 Å². The molecule has 0 unspecified atom stereocenters. The molecule has 130 valence electrons. The molecule has 2 N–H and O–H groups in total. The number of rotatable bonds is 6. The van der Waals surface area contributed by atoms with Crippen molar-refractivity contribution in [2.24, 2.45) is 5.10 Å². The van der Waals surface area contributed by atoms with Crippen LogP contribution in [0.5, 0.6) is 5.75 Å². The van der Waals surface area contributed by atoms with Crippen LogP contribution in [-0.2, 0) is 0 Å². The first-order valence-electron chi connectivity index (χ1n) is 7.83. The highest BCUT2D eigenvalue weighted by Crippen LogP contribution is 2.23. The number of hydrazone groups is 1. The van der Waals surface area contributed by atoms with E-state index < -0.39 is 0 Å². The molecule has 0 saturated heterocycles. The Bertz CT molecular complexity index is 798. The van der Waals surface area contributed by atoms with E-state index in [1.165, 1.54) is 11.3 Å². The molecule has 1 aromatic carbocycles. The molecule has 3 rings (SSSR count). The van der Waals surface area contributed by atoms with E-state index in [0.717, 1.165) is 22.6 Å². The summed E-state index contributed by atoms with van der Waals surface area (Å²) in [5, 5.41) is 9.68. The summed E-state index contributed by atoms with van der Waals surface area (Å²) < 4.78 is 5.12. The Morgan fingerprint density at radius 1 is 1.44 bits per heavy atom. The van der Waals surface area contributed by atoms with Crippen molar-refractivity contribution in [3.8, 4) is 5.75 Å². The van der Waals surface area contributed by atoms with Gasteiger partial charge in [0.15, 0.2) is 0 Å². The Morgan fingerprint density at radius 2 is 2.24 bits per heavy atom. The van der Waals surface area contributed by atoms with Crippen LogP contribution in [0.1, 0.15) is 18.2 Å². The van der Waals surface area contributed by atoms with Gasteiger partial charge in [-0.3, -0.25) is 5.43 Å². The molecule has 25 heavy (non-hydrogen) atoms. The molecular weight excluding hydrogens is 338 g/mol. The van der Waals surface area contributed by atoms with Gasteiger partial charge in [-0.15, -0.1) is 11.3 Å². The van der Waals surface area contributed by atoms with Gasteiger partial charge in [-0.2, -0.15) is 5.10 Å². The highest BCUT2D eigenvalue weighted by Gasteiger charge is 2.18. The number of urea groups is 1. The summed E-state index contributed by atoms with van der Waals surface area (Å²) >= 11 is 1.47. The van der Waals surface area contributed by atoms with Crippen molar-refractivity contribution >= 4 is 34.3 Å². The number of benzene rings is 1. The van der Waals surface area contributed by atoms with E-state index in [-0.39, 0.29) is 6.03 Å². The fourth-order valence-electron chi connectivity index (χ4n) is 2.28. The van der Waals surface area contributed by atoms with Crippen molar-refractivity contribution in [3.63, 3.8) is 0 Å². The molecule has 2 aromatic rings. The first kappa shape index (κ1) is 17.0. The molecule has 1 aromatic heterocycles. The average molecular weight is 357 g/mol. The van der Waals surface area contributed by atoms with Crippen molar-refractivity contribution in [2.75, 3.05) is 25.6 Å². The maximum Gasteiger partial charge on any atom is 0.321 e. The summed E-state index contributed by atoms with van der Waals surface area (Å²) in [6.45, 7) is 3.03. The molecule has 1 aliphatic heterocycles. The lowest BCUT2D eigenvalue weighted by molar-refractivity contribution is 0.216. The van der Waals surface area contributed by atoms with Crippen LogP contribution in [0.2, 0.25) is 0 Å². The van der Waals surface area contributed by atoms with Crippen LogP contribution in [0, 0.1) is 0 Å². The lowest BCUT2D eigenvalue weighted by Gasteiger charge is -2.23. The second kappa shape index (κ2) is 7.80. The molecule has 2 heterocycles. The van der Waals surface area contributed by atoms with Gasteiger partial charge in [-0.1, -0.05) is 0 Å². The third-order valence-electron chi connectivity index (χ3n) is 3.67. The van der Waals surface area contributed by atoms with Gasteiger partial charge in [0, 0.05) is 30.2 Å². The van der Waals surface area contributed by atoms with Gasteiger partial charge >= 0.3 is 6.03 Å². The smallest absolute Gasteiger partial charge is 0.321 e. The lowest BCUT2D eigenvalue weighted by atomic mass is 10.2. The maximum absolute atomic E-state index is 11.6. The predicted octanol–water partition coefficient (Wildman–Crippen LogP) is 2.98. The number of nitrogens with one attached hydrogen (secondary N) is 2. The highest BCUT2D eigenvalue weighted by molar-refractivity contribution is 7.13. The lowest BCUT2D eigenvalue weighted by Crippen LogP contribution is -2.41. The number of hydrogen-bond acceptors (Lipinski definition) is 6. The van der Waals surface area contributed by atoms with Crippen molar-refractivity contribution in [3.05, 3.63) is 47.1 Å². The fraction of sp³-hybridized carbons (Fsp3) is 0.235. The normalized spacial score (nSPS) is 14.4. The van der Waals surface area contributed by atoms with E-state index in [1.54, 1.807) is 18.2 Å². The van der Waals surface area contributed by atoms with Crippen LogP contribution < -0.4 is 15.5 Å². The highest BCUT2D eigenvalue weighted by atomic mass is 32.1. The Hall–Kier alpha value is -2.87. The summed E-state index contributed by atoms with van der Waals surface area (Å²) in [5.74, 6) is 0.809. The van der Waals surface area contributed by atoms with Crippen LogP contribution >= 0.6 is 11.3 Å². The molecular formula is C17H19N5O2S. The minimum absolute atomic E-state index is 0.0797. The number of hydrogen-bond donors (Lipinski definition) is 2. The number of amides is 2. The summed E-state index contributed by atoms with van der Waals surface area (Å²) in [5.41, 5.74) is 5.71. The molecule has 8 heteroatoms. The van der Waals surface area contributed by atoms with E-state index in [9.17, 15) is 4.79 Å². The van der Waals surface area contributed by atoms with Crippen LogP contribution in [0.3, 0.4) is 0 Å². The number of ether oxygens (including phenoxy) is 1. The maximum atomic E-state index is 11.6. The second-order valence-electron chi connectivity index (χ2n) is 5.28. The zero-order valence-corrected chi connectivity index (χ0v) is 14.8. The van der Waals surface area contributed by atoms with Crippen molar-refractivity contribution in [1.29, 1.82) is 0 Å². The number of carbonyl (C=O) groups is 1. The van der Waals surface area contributed by atoms with Gasteiger partial charge in [0.05, 0.1) is 19.0 Å². The van der Waals surface area contributed by atoms with Gasteiger partial charge in [0.2, 0.25) is 5.13 Å². The SMILES string of the molecule is CCN1C=C(c2csc(NN=Cc3ccc(OC)cc3)n2)CNC1=O. The van der Waals surface area contributed by atoms with Gasteiger partial charge in [0.25, 0.3) is 0 Å². The Kier molecular flexibility index (Phi) is 5.30. The molecule has 0 spiro atoms. The topological polar surface area (TPSA) is 78.8 Å². The van der Waals surface area contributed by atoms with E-state index in [0.29, 0.717) is 18.2 Å². The number of aromatic nitrogens is 1. The summed E-state index contributed by atoms with van der Waals surface area (Å²) in [6, 6.07) is 7.53. The standard InChI is InChI=1S/C17H19N5O2S/c1-3-22-10-13(9-18-17(22)23)15-11-25-16(20-15)21-19-8-12-4-6-14(24-2)7-5-12/h4-8,10-11H,3,9H2,1-2H3,(H,18,23)(H,20,21). The van der Waals surface area contributed by atoms with E-state index in [4.69, 9.17) is 4.74 Å². The third-order valence-corrected chi connectivity index (χ3v) is 4.41. The molecule has 0 fully saturated rings.